The van der Waals surface area contributed by atoms with Crippen LogP contribution in [0, 0.1) is 5.92 Å². The summed E-state index contributed by atoms with van der Waals surface area (Å²) in [5.74, 6) is -0.0883. The summed E-state index contributed by atoms with van der Waals surface area (Å²) in [5.41, 5.74) is 5.76. The van der Waals surface area contributed by atoms with Gasteiger partial charge in [-0.15, -0.1) is 0 Å². The van der Waals surface area contributed by atoms with Crippen molar-refractivity contribution in [3.8, 4) is 0 Å². The molecule has 4 N–H and O–H groups in total. The molecule has 1 saturated carbocycles. The van der Waals surface area contributed by atoms with Gasteiger partial charge in [0.25, 0.3) is 0 Å². The molecule has 1 amide bonds. The quantitative estimate of drug-likeness (QED) is 0.527. The summed E-state index contributed by atoms with van der Waals surface area (Å²) in [6.45, 7) is 3.91. The lowest BCUT2D eigenvalue weighted by Crippen LogP contribution is -2.49. The van der Waals surface area contributed by atoms with Crippen molar-refractivity contribution in [3.05, 3.63) is 0 Å². The normalized spacial score (nSPS) is 18.1. The smallest absolute Gasteiger partial charge is 0.235 e. The molecular formula is C15H31N3O4S. The second-order valence-electron chi connectivity index (χ2n) is 6.37. The van der Waals surface area contributed by atoms with E-state index in [2.05, 4.69) is 10.0 Å². The van der Waals surface area contributed by atoms with E-state index in [9.17, 15) is 13.2 Å². The van der Waals surface area contributed by atoms with Crippen LogP contribution in [0.3, 0.4) is 0 Å². The monoisotopic (exact) mass is 349 g/mol. The maximum atomic E-state index is 12.0. The highest BCUT2D eigenvalue weighted by molar-refractivity contribution is 7.89. The Morgan fingerprint density at radius 1 is 1.26 bits per heavy atom. The maximum Gasteiger partial charge on any atom is 0.235 e. The van der Waals surface area contributed by atoms with Crippen LogP contribution < -0.4 is 15.8 Å². The summed E-state index contributed by atoms with van der Waals surface area (Å²) in [4.78, 5) is 12.0. The Morgan fingerprint density at radius 3 is 2.48 bits per heavy atom. The summed E-state index contributed by atoms with van der Waals surface area (Å²) in [7, 11) is -3.51. The van der Waals surface area contributed by atoms with Crippen molar-refractivity contribution < 1.29 is 17.9 Å². The van der Waals surface area contributed by atoms with Gasteiger partial charge < -0.3 is 15.8 Å². The van der Waals surface area contributed by atoms with Gasteiger partial charge in [-0.1, -0.05) is 19.3 Å². The Bertz CT molecular complexity index is 448. The van der Waals surface area contributed by atoms with Crippen molar-refractivity contribution in [1.29, 1.82) is 0 Å². The predicted molar refractivity (Wildman–Crippen MR) is 90.4 cm³/mol. The fourth-order valence-corrected chi connectivity index (χ4v) is 3.62. The Labute approximate surface area is 139 Å². The molecule has 0 aromatic heterocycles. The van der Waals surface area contributed by atoms with Gasteiger partial charge in [0.2, 0.25) is 15.9 Å². The first-order chi connectivity index (χ1) is 10.8. The Morgan fingerprint density at radius 2 is 1.91 bits per heavy atom. The molecule has 1 aliphatic rings. The van der Waals surface area contributed by atoms with Crippen molar-refractivity contribution in [2.75, 3.05) is 25.4 Å². The third-order valence-corrected chi connectivity index (χ3v) is 5.36. The summed E-state index contributed by atoms with van der Waals surface area (Å²) in [6.07, 6.45) is 5.69. The molecule has 0 spiro atoms. The van der Waals surface area contributed by atoms with Crippen LogP contribution in [0.4, 0.5) is 0 Å². The highest BCUT2D eigenvalue weighted by Gasteiger charge is 2.24. The van der Waals surface area contributed by atoms with Gasteiger partial charge in [-0.2, -0.15) is 0 Å². The van der Waals surface area contributed by atoms with Crippen molar-refractivity contribution in [2.24, 2.45) is 11.7 Å². The minimum Gasteiger partial charge on any atom is -0.378 e. The van der Waals surface area contributed by atoms with E-state index in [-0.39, 0.29) is 37.0 Å². The molecular weight excluding hydrogens is 318 g/mol. The van der Waals surface area contributed by atoms with Gasteiger partial charge in [-0.25, -0.2) is 13.1 Å². The standard InChI is InChI=1S/C15H31N3O4S/c1-12(2)22-8-9-23(20,21)17-11-15(19)18-14(10-16)13-6-4-3-5-7-13/h12-14,17H,3-11,16H2,1-2H3,(H,18,19). The second kappa shape index (κ2) is 10.2. The van der Waals surface area contributed by atoms with Gasteiger partial charge in [-0.3, -0.25) is 4.79 Å². The van der Waals surface area contributed by atoms with Gasteiger partial charge in [0.05, 0.1) is 25.0 Å². The minimum absolute atomic E-state index is 0.0192. The molecule has 136 valence electrons. The predicted octanol–water partition coefficient (Wildman–Crippen LogP) is 0.355. The molecule has 1 rings (SSSR count). The molecule has 0 aromatic carbocycles. The molecule has 1 unspecified atom stereocenters. The average Bonchev–Trinajstić information content (AvgIpc) is 2.51. The van der Waals surface area contributed by atoms with Crippen LogP contribution in [0.15, 0.2) is 0 Å². The number of carbonyl (C=O) groups excluding carboxylic acids is 1. The van der Waals surface area contributed by atoms with Crippen LogP contribution in [0.5, 0.6) is 0 Å². The van der Waals surface area contributed by atoms with E-state index in [0.717, 1.165) is 12.8 Å². The highest BCUT2D eigenvalue weighted by atomic mass is 32.2. The third-order valence-electron chi connectivity index (χ3n) is 4.08. The summed E-state index contributed by atoms with van der Waals surface area (Å²) in [6, 6.07) is -0.0726. The average molecular weight is 349 g/mol. The van der Waals surface area contributed by atoms with Gasteiger partial charge in [0.1, 0.15) is 0 Å². The molecule has 1 fully saturated rings. The Kier molecular flexibility index (Phi) is 9.04. The molecule has 7 nitrogen and oxygen atoms in total. The molecule has 8 heteroatoms. The van der Waals surface area contributed by atoms with Crippen molar-refractivity contribution in [1.82, 2.24) is 10.0 Å². The molecule has 0 saturated heterocycles. The first-order valence-electron chi connectivity index (χ1n) is 8.42. The number of amides is 1. The lowest BCUT2D eigenvalue weighted by molar-refractivity contribution is -0.121. The number of nitrogens with two attached hydrogens (primary N) is 1. The van der Waals surface area contributed by atoms with Gasteiger partial charge >= 0.3 is 0 Å². The maximum absolute atomic E-state index is 12.0. The molecule has 1 aliphatic carbocycles. The van der Waals surface area contributed by atoms with E-state index in [1.807, 2.05) is 13.8 Å². The number of carbonyl (C=O) groups is 1. The molecule has 0 bridgehead atoms. The lowest BCUT2D eigenvalue weighted by atomic mass is 9.84. The van der Waals surface area contributed by atoms with Crippen molar-refractivity contribution in [2.45, 2.75) is 58.1 Å². The minimum atomic E-state index is -3.51. The number of ether oxygens (including phenoxy) is 1. The van der Waals surface area contributed by atoms with Crippen LogP contribution in [-0.2, 0) is 19.6 Å². The van der Waals surface area contributed by atoms with E-state index in [1.165, 1.54) is 19.3 Å². The molecule has 23 heavy (non-hydrogen) atoms. The zero-order chi connectivity index (χ0) is 17.3. The summed E-state index contributed by atoms with van der Waals surface area (Å²) in [5, 5.41) is 2.86. The lowest BCUT2D eigenvalue weighted by Gasteiger charge is -2.30. The second-order valence-corrected chi connectivity index (χ2v) is 8.29. The largest absolute Gasteiger partial charge is 0.378 e. The number of hydrogen-bond acceptors (Lipinski definition) is 5. The summed E-state index contributed by atoms with van der Waals surface area (Å²) < 4.78 is 31.1. The molecule has 0 aliphatic heterocycles. The van der Waals surface area contributed by atoms with Crippen LogP contribution in [0.25, 0.3) is 0 Å². The molecule has 1 atom stereocenters. The number of hydrogen-bond donors (Lipinski definition) is 3. The van der Waals surface area contributed by atoms with Crippen LogP contribution >= 0.6 is 0 Å². The number of sulfonamides is 1. The first-order valence-corrected chi connectivity index (χ1v) is 10.1. The van der Waals surface area contributed by atoms with E-state index >= 15 is 0 Å². The summed E-state index contributed by atoms with van der Waals surface area (Å²) >= 11 is 0. The van der Waals surface area contributed by atoms with Gasteiger partial charge in [0.15, 0.2) is 0 Å². The van der Waals surface area contributed by atoms with Crippen LogP contribution in [-0.4, -0.2) is 51.9 Å². The fraction of sp³-hybridized carbons (Fsp3) is 0.933. The van der Waals surface area contributed by atoms with Crippen molar-refractivity contribution >= 4 is 15.9 Å². The van der Waals surface area contributed by atoms with Crippen LogP contribution in [0.1, 0.15) is 46.0 Å². The number of rotatable bonds is 10. The van der Waals surface area contributed by atoms with Gasteiger partial charge in [-0.05, 0) is 32.6 Å². The highest BCUT2D eigenvalue weighted by Crippen LogP contribution is 2.26. The third kappa shape index (κ3) is 8.64. The van der Waals surface area contributed by atoms with E-state index in [4.69, 9.17) is 10.5 Å². The first kappa shape index (κ1) is 20.3. The molecule has 0 heterocycles. The van der Waals surface area contributed by atoms with Gasteiger partial charge in [0, 0.05) is 12.6 Å². The van der Waals surface area contributed by atoms with E-state index in [1.54, 1.807) is 0 Å². The van der Waals surface area contributed by atoms with Crippen molar-refractivity contribution in [3.63, 3.8) is 0 Å². The fourth-order valence-electron chi connectivity index (χ4n) is 2.80. The number of nitrogens with one attached hydrogen (secondary N) is 2. The zero-order valence-corrected chi connectivity index (χ0v) is 15.0. The molecule has 0 aromatic rings. The molecule has 0 radical (unpaired) electrons. The Hall–Kier alpha value is -0.700. The Balaban J connectivity index is 2.33. The topological polar surface area (TPSA) is 111 Å². The van der Waals surface area contributed by atoms with Crippen LogP contribution in [0.2, 0.25) is 0 Å². The van der Waals surface area contributed by atoms with E-state index in [0.29, 0.717) is 12.5 Å². The SMILES string of the molecule is CC(C)OCCS(=O)(=O)NCC(=O)NC(CN)C1CCCCC1. The zero-order valence-electron chi connectivity index (χ0n) is 14.2. The van der Waals surface area contributed by atoms with E-state index < -0.39 is 10.0 Å².